The highest BCUT2D eigenvalue weighted by Crippen LogP contribution is 2.47. The van der Waals surface area contributed by atoms with Gasteiger partial charge in [-0.3, -0.25) is 4.79 Å². The molecule has 1 aromatic heterocycles. The van der Waals surface area contributed by atoms with Crippen molar-refractivity contribution in [3.63, 3.8) is 0 Å². The fourth-order valence-corrected chi connectivity index (χ4v) is 6.66. The number of aliphatic hydroxyl groups is 1. The Labute approximate surface area is 292 Å². The van der Waals surface area contributed by atoms with Crippen LogP contribution in [0.3, 0.4) is 0 Å². The van der Waals surface area contributed by atoms with Gasteiger partial charge in [0.2, 0.25) is 5.90 Å². The SMILES string of the molecule is COc1ccc(-c2nc(CN3Cc4ccccc4C[C@@]4(N=C(c5ccc(OCCCO)cc5)O[C@H]4c4ccc(Cl)cc4Cl)C3=O)no2)cc1. The van der Waals surface area contributed by atoms with Gasteiger partial charge in [0.1, 0.15) is 11.5 Å². The first-order chi connectivity index (χ1) is 23.9. The van der Waals surface area contributed by atoms with E-state index in [-0.39, 0.29) is 25.5 Å². The molecule has 49 heavy (non-hydrogen) atoms. The van der Waals surface area contributed by atoms with Gasteiger partial charge in [0.15, 0.2) is 17.5 Å². The highest BCUT2D eigenvalue weighted by Gasteiger charge is 2.56. The summed E-state index contributed by atoms with van der Waals surface area (Å²) in [5, 5.41) is 14.1. The minimum Gasteiger partial charge on any atom is -0.497 e. The smallest absolute Gasteiger partial charge is 0.257 e. The third kappa shape index (κ3) is 6.59. The molecule has 10 nitrogen and oxygen atoms in total. The third-order valence-corrected chi connectivity index (χ3v) is 9.18. The van der Waals surface area contributed by atoms with Crippen LogP contribution in [0.2, 0.25) is 10.0 Å². The molecule has 0 unspecified atom stereocenters. The zero-order valence-corrected chi connectivity index (χ0v) is 28.0. The first kappa shape index (κ1) is 32.6. The molecule has 1 amide bonds. The van der Waals surface area contributed by atoms with Crippen molar-refractivity contribution in [2.24, 2.45) is 4.99 Å². The summed E-state index contributed by atoms with van der Waals surface area (Å²) in [5.74, 6) is 2.05. The van der Waals surface area contributed by atoms with Crippen molar-refractivity contribution in [2.75, 3.05) is 20.3 Å². The van der Waals surface area contributed by atoms with E-state index in [1.807, 2.05) is 60.7 Å². The van der Waals surface area contributed by atoms with E-state index in [1.165, 1.54) is 0 Å². The summed E-state index contributed by atoms with van der Waals surface area (Å²) in [7, 11) is 1.60. The first-order valence-corrected chi connectivity index (χ1v) is 16.5. The number of aromatic nitrogens is 2. The van der Waals surface area contributed by atoms with Gasteiger partial charge in [-0.25, -0.2) is 4.99 Å². The number of fused-ring (bicyclic) bond motifs is 1. The molecule has 5 aromatic rings. The van der Waals surface area contributed by atoms with Crippen LogP contribution in [0.15, 0.2) is 101 Å². The molecular weight excluding hydrogens is 667 g/mol. The van der Waals surface area contributed by atoms with Crippen LogP contribution in [0.5, 0.6) is 11.5 Å². The van der Waals surface area contributed by atoms with E-state index >= 15 is 4.79 Å². The maximum absolute atomic E-state index is 15.1. The second-order valence-electron chi connectivity index (χ2n) is 11.8. The van der Waals surface area contributed by atoms with E-state index in [1.54, 1.807) is 42.3 Å². The summed E-state index contributed by atoms with van der Waals surface area (Å²) in [4.78, 5) is 26.5. The molecule has 2 atom stereocenters. The molecule has 0 saturated heterocycles. The van der Waals surface area contributed by atoms with Crippen LogP contribution in [-0.4, -0.2) is 57.8 Å². The lowest BCUT2D eigenvalue weighted by Crippen LogP contribution is -2.49. The summed E-state index contributed by atoms with van der Waals surface area (Å²) in [6.07, 6.45) is -0.0951. The Hall–Kier alpha value is -4.90. The lowest BCUT2D eigenvalue weighted by Gasteiger charge is -2.33. The van der Waals surface area contributed by atoms with Gasteiger partial charge in [0.05, 0.1) is 20.3 Å². The van der Waals surface area contributed by atoms with Gasteiger partial charge < -0.3 is 28.7 Å². The Balaban J connectivity index is 1.29. The normalized spacial score (nSPS) is 18.5. The number of carbonyl (C=O) groups excluding carboxylic acids is 1. The van der Waals surface area contributed by atoms with Gasteiger partial charge in [0.25, 0.3) is 11.8 Å². The van der Waals surface area contributed by atoms with Gasteiger partial charge in [-0.2, -0.15) is 4.98 Å². The Morgan fingerprint density at radius 3 is 2.43 bits per heavy atom. The lowest BCUT2D eigenvalue weighted by molar-refractivity contribution is -0.140. The van der Waals surface area contributed by atoms with E-state index in [4.69, 9.17) is 52.0 Å². The van der Waals surface area contributed by atoms with E-state index in [9.17, 15) is 0 Å². The van der Waals surface area contributed by atoms with E-state index in [0.717, 1.165) is 16.7 Å². The number of carbonyl (C=O) groups is 1. The fraction of sp³-hybridized carbons (Fsp3) is 0.243. The number of methoxy groups -OCH3 is 1. The van der Waals surface area contributed by atoms with Crippen molar-refractivity contribution in [3.05, 3.63) is 129 Å². The van der Waals surface area contributed by atoms with Crippen LogP contribution in [0.25, 0.3) is 11.5 Å². The molecule has 7 rings (SSSR count). The quantitative estimate of drug-likeness (QED) is 0.157. The molecule has 0 saturated carbocycles. The zero-order chi connectivity index (χ0) is 34.0. The zero-order valence-electron chi connectivity index (χ0n) is 26.5. The molecule has 0 radical (unpaired) electrons. The van der Waals surface area contributed by atoms with Crippen molar-refractivity contribution in [2.45, 2.75) is 37.6 Å². The average molecular weight is 700 g/mol. The van der Waals surface area contributed by atoms with Crippen LogP contribution in [0.4, 0.5) is 0 Å². The number of benzene rings is 4. The summed E-state index contributed by atoms with van der Waals surface area (Å²) in [6, 6.07) is 27.6. The molecule has 2 aliphatic heterocycles. The predicted octanol–water partition coefficient (Wildman–Crippen LogP) is 6.86. The molecule has 0 fully saturated rings. The van der Waals surface area contributed by atoms with Crippen LogP contribution in [0.1, 0.15) is 40.6 Å². The van der Waals surface area contributed by atoms with E-state index in [0.29, 0.717) is 69.9 Å². The van der Waals surface area contributed by atoms with Crippen molar-refractivity contribution < 1.29 is 28.6 Å². The van der Waals surface area contributed by atoms with Crippen LogP contribution >= 0.6 is 23.2 Å². The number of rotatable bonds is 10. The predicted molar refractivity (Wildman–Crippen MR) is 184 cm³/mol. The summed E-state index contributed by atoms with van der Waals surface area (Å²) < 4.78 is 23.2. The van der Waals surface area contributed by atoms with Crippen LogP contribution in [-0.2, 0) is 29.0 Å². The minimum absolute atomic E-state index is 0.0458. The second-order valence-corrected chi connectivity index (χ2v) is 12.6. The molecule has 250 valence electrons. The van der Waals surface area contributed by atoms with Gasteiger partial charge in [-0.1, -0.05) is 58.7 Å². The molecular formula is C37H32Cl2N4O6. The molecule has 4 aromatic carbocycles. The molecule has 0 bridgehead atoms. The van der Waals surface area contributed by atoms with E-state index in [2.05, 4.69) is 10.1 Å². The number of hydrogen-bond donors (Lipinski definition) is 1. The summed E-state index contributed by atoms with van der Waals surface area (Å²) in [5.41, 5.74) is 2.48. The lowest BCUT2D eigenvalue weighted by atomic mass is 9.82. The van der Waals surface area contributed by atoms with Crippen LogP contribution in [0, 0.1) is 0 Å². The van der Waals surface area contributed by atoms with Gasteiger partial charge >= 0.3 is 0 Å². The topological polar surface area (TPSA) is 120 Å². The number of ether oxygens (including phenoxy) is 3. The number of hydrogen-bond acceptors (Lipinski definition) is 9. The van der Waals surface area contributed by atoms with Crippen molar-refractivity contribution in [1.29, 1.82) is 0 Å². The highest BCUT2D eigenvalue weighted by molar-refractivity contribution is 6.35. The molecule has 2 aliphatic rings. The number of amides is 1. The van der Waals surface area contributed by atoms with Gasteiger partial charge in [-0.05, 0) is 71.8 Å². The molecule has 1 spiro atoms. The van der Waals surface area contributed by atoms with Crippen LogP contribution < -0.4 is 9.47 Å². The Bertz CT molecular complexity index is 2000. The fourth-order valence-electron chi connectivity index (χ4n) is 6.15. The Morgan fingerprint density at radius 1 is 0.959 bits per heavy atom. The summed E-state index contributed by atoms with van der Waals surface area (Å²) in [6.45, 7) is 0.804. The number of aliphatic hydroxyl groups excluding tert-OH is 1. The number of nitrogens with zero attached hydrogens (tertiary/aromatic N) is 4. The number of halogens is 2. The minimum atomic E-state index is -1.43. The maximum Gasteiger partial charge on any atom is 0.257 e. The van der Waals surface area contributed by atoms with Gasteiger partial charge in [0, 0.05) is 52.7 Å². The third-order valence-electron chi connectivity index (χ3n) is 8.62. The number of aliphatic imine (C=N–C) groups is 1. The Kier molecular flexibility index (Phi) is 9.27. The van der Waals surface area contributed by atoms with Gasteiger partial charge in [-0.15, -0.1) is 0 Å². The highest BCUT2D eigenvalue weighted by atomic mass is 35.5. The monoisotopic (exact) mass is 698 g/mol. The first-order valence-electron chi connectivity index (χ1n) is 15.8. The second kappa shape index (κ2) is 13.9. The molecule has 1 N–H and O–H groups in total. The molecule has 3 heterocycles. The molecule has 0 aliphatic carbocycles. The van der Waals surface area contributed by atoms with Crippen molar-refractivity contribution in [3.8, 4) is 23.0 Å². The summed E-state index contributed by atoms with van der Waals surface area (Å²) >= 11 is 13.1. The van der Waals surface area contributed by atoms with E-state index < -0.39 is 11.6 Å². The van der Waals surface area contributed by atoms with Crippen molar-refractivity contribution >= 4 is 35.0 Å². The Morgan fingerprint density at radius 2 is 1.69 bits per heavy atom. The largest absolute Gasteiger partial charge is 0.497 e. The van der Waals surface area contributed by atoms with Crippen molar-refractivity contribution in [1.82, 2.24) is 15.0 Å². The molecule has 12 heteroatoms. The standard InChI is InChI=1S/C37H32Cl2N4O6/c1-46-28-12-7-23(8-13-28)34-40-32(42-49-34)22-43-21-26-6-3-2-5-25(26)20-37(36(43)45)33(30-16-11-27(38)19-31(30)39)48-35(41-37)24-9-14-29(15-10-24)47-18-4-17-44/h2-3,5-16,19,33,44H,4,17-18,20-22H2,1H3/t33-,37-/m0/s1. The maximum atomic E-state index is 15.1. The average Bonchev–Trinajstić information content (AvgIpc) is 3.72.